The number of carbonyl (C=O) groups excluding carboxylic acids is 2. The fourth-order valence-electron chi connectivity index (χ4n) is 5.14. The van der Waals surface area contributed by atoms with E-state index in [1.165, 1.54) is 0 Å². The molecule has 1 aliphatic carbocycles. The van der Waals surface area contributed by atoms with E-state index < -0.39 is 16.9 Å². The summed E-state index contributed by atoms with van der Waals surface area (Å²) in [6.45, 7) is 2.11. The van der Waals surface area contributed by atoms with Crippen molar-refractivity contribution in [1.29, 1.82) is 0 Å². The van der Waals surface area contributed by atoms with Crippen molar-refractivity contribution in [1.82, 2.24) is 10.6 Å². The molecule has 0 bridgehead atoms. The summed E-state index contributed by atoms with van der Waals surface area (Å²) in [7, 11) is 3.52. The van der Waals surface area contributed by atoms with Gasteiger partial charge in [-0.15, -0.1) is 0 Å². The SMILES string of the molecule is CN[C@]12CC3(C=CC(=O)C=C3)O[C@@]1(Cc1ccc(OC)cc1)CCC(C)CC(=O)N2. The van der Waals surface area contributed by atoms with Gasteiger partial charge >= 0.3 is 0 Å². The van der Waals surface area contributed by atoms with Crippen LogP contribution in [0.25, 0.3) is 0 Å². The molecule has 2 fully saturated rings. The van der Waals surface area contributed by atoms with Crippen LogP contribution in [-0.4, -0.2) is 42.7 Å². The third-order valence-electron chi connectivity index (χ3n) is 6.77. The summed E-state index contributed by atoms with van der Waals surface area (Å²) in [5, 5.41) is 6.71. The lowest BCUT2D eigenvalue weighted by Gasteiger charge is -2.47. The van der Waals surface area contributed by atoms with E-state index in [0.717, 1.165) is 24.2 Å². The molecule has 1 aromatic carbocycles. The lowest BCUT2D eigenvalue weighted by atomic mass is 9.74. The minimum Gasteiger partial charge on any atom is -0.497 e. The molecule has 2 saturated heterocycles. The van der Waals surface area contributed by atoms with Crippen molar-refractivity contribution in [3.63, 3.8) is 0 Å². The number of benzene rings is 1. The number of methoxy groups -OCH3 is 1. The molecule has 2 N–H and O–H groups in total. The van der Waals surface area contributed by atoms with Crippen LogP contribution in [0, 0.1) is 5.92 Å². The van der Waals surface area contributed by atoms with E-state index in [4.69, 9.17) is 9.47 Å². The number of ether oxygens (including phenoxy) is 2. The molecule has 0 aromatic heterocycles. The van der Waals surface area contributed by atoms with Gasteiger partial charge in [-0.2, -0.15) is 0 Å². The first-order valence-corrected chi connectivity index (χ1v) is 10.6. The maximum Gasteiger partial charge on any atom is 0.221 e. The van der Waals surface area contributed by atoms with Gasteiger partial charge in [-0.25, -0.2) is 0 Å². The van der Waals surface area contributed by atoms with E-state index in [1.807, 2.05) is 43.5 Å². The molecule has 1 unspecified atom stereocenters. The average Bonchev–Trinajstić information content (AvgIpc) is 2.98. The summed E-state index contributed by atoms with van der Waals surface area (Å²) in [6.07, 6.45) is 10.1. The fourth-order valence-corrected chi connectivity index (χ4v) is 5.14. The number of hydrogen-bond acceptors (Lipinski definition) is 5. The molecule has 30 heavy (non-hydrogen) atoms. The third kappa shape index (κ3) is 3.59. The van der Waals surface area contributed by atoms with Gasteiger partial charge in [-0.1, -0.05) is 19.1 Å². The number of nitrogens with one attached hydrogen (secondary N) is 2. The number of allylic oxidation sites excluding steroid dienone is 2. The lowest BCUT2D eigenvalue weighted by Crippen LogP contribution is -2.70. The van der Waals surface area contributed by atoms with Gasteiger partial charge in [-0.05, 0) is 67.8 Å². The summed E-state index contributed by atoms with van der Waals surface area (Å²) >= 11 is 0. The average molecular weight is 411 g/mol. The van der Waals surface area contributed by atoms with Gasteiger partial charge in [0.2, 0.25) is 5.91 Å². The van der Waals surface area contributed by atoms with Crippen molar-refractivity contribution in [3.8, 4) is 5.75 Å². The predicted octanol–water partition coefficient (Wildman–Crippen LogP) is 2.68. The monoisotopic (exact) mass is 410 g/mol. The standard InChI is InChI=1S/C24H30N2O4/c1-17-8-13-23(15-18-4-6-20(29-3)7-5-18)24(25-2,26-21(28)14-17)16-22(30-23)11-9-19(27)10-12-22/h4-7,9-12,17,25H,8,13-16H2,1-3H3,(H,26,28)/t17?,23-,24+/m1/s1. The van der Waals surface area contributed by atoms with Crippen LogP contribution >= 0.6 is 0 Å². The Labute approximate surface area is 177 Å². The van der Waals surface area contributed by atoms with Crippen molar-refractivity contribution >= 4 is 11.7 Å². The third-order valence-corrected chi connectivity index (χ3v) is 6.77. The Morgan fingerprint density at radius 1 is 1.20 bits per heavy atom. The molecular formula is C24H30N2O4. The first-order valence-electron chi connectivity index (χ1n) is 10.6. The zero-order chi connectivity index (χ0) is 21.4. The summed E-state index contributed by atoms with van der Waals surface area (Å²) in [5.41, 5.74) is -1.05. The van der Waals surface area contributed by atoms with Crippen LogP contribution in [0.3, 0.4) is 0 Å². The minimum atomic E-state index is -0.751. The Morgan fingerprint density at radius 2 is 1.90 bits per heavy atom. The van der Waals surface area contributed by atoms with E-state index in [9.17, 15) is 9.59 Å². The van der Waals surface area contributed by atoms with Gasteiger partial charge < -0.3 is 14.8 Å². The second-order valence-corrected chi connectivity index (χ2v) is 8.87. The van der Waals surface area contributed by atoms with E-state index in [1.54, 1.807) is 19.3 Å². The molecule has 6 heteroatoms. The Morgan fingerprint density at radius 3 is 2.53 bits per heavy atom. The van der Waals surface area contributed by atoms with Gasteiger partial charge in [0.05, 0.1) is 7.11 Å². The van der Waals surface area contributed by atoms with Gasteiger partial charge in [0.1, 0.15) is 22.6 Å². The minimum absolute atomic E-state index is 0.0242. The maximum absolute atomic E-state index is 12.8. The first-order chi connectivity index (χ1) is 14.3. The maximum atomic E-state index is 12.8. The predicted molar refractivity (Wildman–Crippen MR) is 114 cm³/mol. The van der Waals surface area contributed by atoms with Crippen molar-refractivity contribution in [2.24, 2.45) is 5.92 Å². The van der Waals surface area contributed by atoms with Gasteiger partial charge in [0.25, 0.3) is 0 Å². The van der Waals surface area contributed by atoms with Crippen molar-refractivity contribution < 1.29 is 19.1 Å². The molecule has 1 aromatic rings. The summed E-state index contributed by atoms with van der Waals surface area (Å²) in [5.74, 6) is 1.05. The number of carbonyl (C=O) groups is 2. The van der Waals surface area contributed by atoms with Crippen molar-refractivity contribution in [2.45, 2.75) is 55.9 Å². The van der Waals surface area contributed by atoms with Crippen LogP contribution in [0.15, 0.2) is 48.6 Å². The van der Waals surface area contributed by atoms with E-state index >= 15 is 0 Å². The zero-order valence-corrected chi connectivity index (χ0v) is 17.9. The number of rotatable bonds is 4. The van der Waals surface area contributed by atoms with E-state index in [-0.39, 0.29) is 17.6 Å². The van der Waals surface area contributed by atoms with Crippen LogP contribution in [0.2, 0.25) is 0 Å². The van der Waals surface area contributed by atoms with Crippen LogP contribution < -0.4 is 15.4 Å². The molecular weight excluding hydrogens is 380 g/mol. The zero-order valence-electron chi connectivity index (χ0n) is 17.9. The number of ketones is 1. The second-order valence-electron chi connectivity index (χ2n) is 8.87. The summed E-state index contributed by atoms with van der Waals surface area (Å²) < 4.78 is 12.2. The van der Waals surface area contributed by atoms with Gasteiger partial charge in [0.15, 0.2) is 5.78 Å². The highest BCUT2D eigenvalue weighted by atomic mass is 16.5. The van der Waals surface area contributed by atoms with E-state index in [2.05, 4.69) is 17.6 Å². The second kappa shape index (κ2) is 7.67. The molecule has 1 spiro atoms. The highest BCUT2D eigenvalue weighted by Crippen LogP contribution is 2.51. The van der Waals surface area contributed by atoms with Gasteiger partial charge in [0, 0.05) is 19.3 Å². The topological polar surface area (TPSA) is 76.7 Å². The Hall–Kier alpha value is -2.44. The molecule has 0 saturated carbocycles. The van der Waals surface area contributed by atoms with Crippen LogP contribution in [0.5, 0.6) is 5.75 Å². The molecule has 2 heterocycles. The fraction of sp³-hybridized carbons (Fsp3) is 0.500. The first kappa shape index (κ1) is 20.8. The highest BCUT2D eigenvalue weighted by molar-refractivity contribution is 6.00. The smallest absolute Gasteiger partial charge is 0.221 e. The van der Waals surface area contributed by atoms with E-state index in [0.29, 0.717) is 19.3 Å². The van der Waals surface area contributed by atoms with Crippen LogP contribution in [0.1, 0.15) is 38.2 Å². The summed E-state index contributed by atoms with van der Waals surface area (Å²) in [6, 6.07) is 7.98. The van der Waals surface area contributed by atoms with Gasteiger partial charge in [-0.3, -0.25) is 14.9 Å². The molecule has 4 rings (SSSR count). The quantitative estimate of drug-likeness (QED) is 0.798. The summed E-state index contributed by atoms with van der Waals surface area (Å²) in [4.78, 5) is 24.6. The van der Waals surface area contributed by atoms with Crippen LogP contribution in [0.4, 0.5) is 0 Å². The number of amides is 1. The largest absolute Gasteiger partial charge is 0.497 e. The Balaban J connectivity index is 1.78. The molecule has 0 radical (unpaired) electrons. The van der Waals surface area contributed by atoms with Crippen LogP contribution in [-0.2, 0) is 20.7 Å². The Kier molecular flexibility index (Phi) is 5.32. The number of hydrogen-bond donors (Lipinski definition) is 2. The molecule has 3 atom stereocenters. The molecule has 6 nitrogen and oxygen atoms in total. The number of fused-ring (bicyclic) bond motifs is 1. The Bertz CT molecular complexity index is 875. The molecule has 160 valence electrons. The van der Waals surface area contributed by atoms with Crippen molar-refractivity contribution in [2.75, 3.05) is 14.2 Å². The normalized spacial score (nSPS) is 32.4. The molecule has 2 aliphatic heterocycles. The lowest BCUT2D eigenvalue weighted by molar-refractivity contribution is -0.135. The number of likely N-dealkylation sites (N-methyl/N-ethyl adjacent to an activating group) is 1. The van der Waals surface area contributed by atoms with Crippen molar-refractivity contribution in [3.05, 3.63) is 54.1 Å². The molecule has 3 aliphatic rings. The highest BCUT2D eigenvalue weighted by Gasteiger charge is 2.64. The molecule has 1 amide bonds.